The Hall–Kier alpha value is -2.29. The van der Waals surface area contributed by atoms with Gasteiger partial charge in [-0.2, -0.15) is 0 Å². The lowest BCUT2D eigenvalue weighted by Gasteiger charge is -2.32. The van der Waals surface area contributed by atoms with Crippen LogP contribution in [0.3, 0.4) is 0 Å². The second-order valence-corrected chi connectivity index (χ2v) is 7.55. The number of aryl methyl sites for hydroxylation is 2. The molecule has 2 aliphatic rings. The average molecular weight is 349 g/mol. The predicted molar refractivity (Wildman–Crippen MR) is 104 cm³/mol. The Balaban J connectivity index is 1.31. The molecule has 0 N–H and O–H groups in total. The number of piperidine rings is 1. The molecular weight excluding hydrogens is 322 g/mol. The van der Waals surface area contributed by atoms with Gasteiger partial charge in [-0.25, -0.2) is 0 Å². The van der Waals surface area contributed by atoms with Crippen LogP contribution >= 0.6 is 0 Å². The minimum absolute atomic E-state index is 0.195. The smallest absolute Gasteiger partial charge is 0.253 e. The van der Waals surface area contributed by atoms with Crippen LogP contribution in [0, 0.1) is 5.92 Å². The molecule has 0 aromatic heterocycles. The fraction of sp³-hybridized carbons (Fsp3) is 0.435. The summed E-state index contributed by atoms with van der Waals surface area (Å²) in [6.45, 7) is 2.41. The van der Waals surface area contributed by atoms with Crippen LogP contribution in [0.15, 0.2) is 48.5 Å². The zero-order valence-corrected chi connectivity index (χ0v) is 15.3. The summed E-state index contributed by atoms with van der Waals surface area (Å²) >= 11 is 0. The number of likely N-dealkylation sites (tertiary alicyclic amines) is 1. The Labute approximate surface area is 156 Å². The van der Waals surface area contributed by atoms with E-state index in [1.54, 1.807) is 0 Å². The van der Waals surface area contributed by atoms with Gasteiger partial charge in [0.25, 0.3) is 5.91 Å². The molecule has 4 rings (SSSR count). The Morgan fingerprint density at radius 2 is 1.69 bits per heavy atom. The maximum Gasteiger partial charge on any atom is 0.253 e. The van der Waals surface area contributed by atoms with Gasteiger partial charge in [-0.1, -0.05) is 24.3 Å². The number of para-hydroxylation sites is 1. The highest BCUT2D eigenvalue weighted by molar-refractivity contribution is 5.94. The minimum atomic E-state index is 0.195. The number of rotatable bonds is 4. The summed E-state index contributed by atoms with van der Waals surface area (Å²) in [5, 5.41) is 0. The van der Waals surface area contributed by atoms with Gasteiger partial charge in [0.1, 0.15) is 5.75 Å². The Morgan fingerprint density at radius 1 is 0.962 bits per heavy atom. The number of carbonyl (C=O) groups excluding carboxylic acids is 1. The molecular formula is C23H27NO2. The van der Waals surface area contributed by atoms with Gasteiger partial charge in [-0.15, -0.1) is 0 Å². The quantitative estimate of drug-likeness (QED) is 0.813. The fourth-order valence-corrected chi connectivity index (χ4v) is 4.08. The molecule has 136 valence electrons. The zero-order chi connectivity index (χ0) is 17.8. The standard InChI is InChI=1S/C23H27NO2/c25-23(21-11-10-19-6-4-5-7-20(19)16-21)24-14-12-18(13-15-24)17-26-22-8-2-1-3-9-22/h1-3,8-11,16,18H,4-7,12-15,17H2. The number of ether oxygens (including phenoxy) is 1. The first-order chi connectivity index (χ1) is 12.8. The van der Waals surface area contributed by atoms with Gasteiger partial charge in [0, 0.05) is 18.7 Å². The van der Waals surface area contributed by atoms with Gasteiger partial charge in [0.2, 0.25) is 0 Å². The van der Waals surface area contributed by atoms with Crippen LogP contribution in [0.2, 0.25) is 0 Å². The molecule has 1 aliphatic heterocycles. The lowest BCUT2D eigenvalue weighted by atomic mass is 9.90. The van der Waals surface area contributed by atoms with E-state index in [0.29, 0.717) is 5.92 Å². The highest BCUT2D eigenvalue weighted by Crippen LogP contribution is 2.25. The van der Waals surface area contributed by atoms with Crippen molar-refractivity contribution in [3.8, 4) is 5.75 Å². The molecule has 2 aromatic carbocycles. The second kappa shape index (κ2) is 7.94. The first kappa shape index (κ1) is 17.1. The molecule has 1 amide bonds. The molecule has 0 bridgehead atoms. The minimum Gasteiger partial charge on any atom is -0.493 e. The van der Waals surface area contributed by atoms with E-state index in [-0.39, 0.29) is 5.91 Å². The third-order valence-electron chi connectivity index (χ3n) is 5.73. The third-order valence-corrected chi connectivity index (χ3v) is 5.73. The van der Waals surface area contributed by atoms with Crippen molar-refractivity contribution in [2.45, 2.75) is 38.5 Å². The number of amides is 1. The molecule has 3 nitrogen and oxygen atoms in total. The third kappa shape index (κ3) is 3.92. The van der Waals surface area contributed by atoms with Crippen LogP contribution < -0.4 is 4.74 Å². The van der Waals surface area contributed by atoms with Crippen LogP contribution in [0.4, 0.5) is 0 Å². The SMILES string of the molecule is O=C(c1ccc2c(c1)CCCC2)N1CCC(COc2ccccc2)CC1. The van der Waals surface area contributed by atoms with Crippen molar-refractivity contribution in [2.75, 3.05) is 19.7 Å². The highest BCUT2D eigenvalue weighted by atomic mass is 16.5. The first-order valence-corrected chi connectivity index (χ1v) is 9.88. The van der Waals surface area contributed by atoms with E-state index in [9.17, 15) is 4.79 Å². The molecule has 1 heterocycles. The van der Waals surface area contributed by atoms with Gasteiger partial charge >= 0.3 is 0 Å². The van der Waals surface area contributed by atoms with Gasteiger partial charge in [-0.3, -0.25) is 4.79 Å². The molecule has 26 heavy (non-hydrogen) atoms. The summed E-state index contributed by atoms with van der Waals surface area (Å²) in [5.74, 6) is 1.66. The number of nitrogens with zero attached hydrogens (tertiary/aromatic N) is 1. The Bertz CT molecular complexity index is 748. The van der Waals surface area contributed by atoms with Crippen molar-refractivity contribution in [3.05, 3.63) is 65.2 Å². The molecule has 2 aromatic rings. The number of hydrogen-bond acceptors (Lipinski definition) is 2. The predicted octanol–water partition coefficient (Wildman–Crippen LogP) is 4.50. The number of benzene rings is 2. The van der Waals surface area contributed by atoms with E-state index in [2.05, 4.69) is 12.1 Å². The summed E-state index contributed by atoms with van der Waals surface area (Å²) in [5.41, 5.74) is 3.68. The van der Waals surface area contributed by atoms with Gasteiger partial charge in [0.05, 0.1) is 6.61 Å². The van der Waals surface area contributed by atoms with Crippen molar-refractivity contribution in [1.29, 1.82) is 0 Å². The van der Waals surface area contributed by atoms with Crippen LogP contribution in [0.1, 0.15) is 47.2 Å². The molecule has 0 spiro atoms. The topological polar surface area (TPSA) is 29.5 Å². The molecule has 0 atom stereocenters. The summed E-state index contributed by atoms with van der Waals surface area (Å²) in [7, 11) is 0. The van der Waals surface area contributed by atoms with Gasteiger partial charge in [-0.05, 0) is 79.8 Å². The molecule has 0 unspecified atom stereocenters. The summed E-state index contributed by atoms with van der Waals surface area (Å²) in [6.07, 6.45) is 6.84. The van der Waals surface area contributed by atoms with Crippen molar-refractivity contribution < 1.29 is 9.53 Å². The molecule has 0 radical (unpaired) electrons. The molecule has 0 saturated carbocycles. The Morgan fingerprint density at radius 3 is 2.46 bits per heavy atom. The molecule has 1 aliphatic carbocycles. The van der Waals surface area contributed by atoms with Crippen molar-refractivity contribution in [2.24, 2.45) is 5.92 Å². The van der Waals surface area contributed by atoms with Crippen LogP contribution in [0.5, 0.6) is 5.75 Å². The summed E-state index contributed by atoms with van der Waals surface area (Å²) in [4.78, 5) is 14.9. The van der Waals surface area contributed by atoms with Gasteiger partial charge < -0.3 is 9.64 Å². The van der Waals surface area contributed by atoms with E-state index < -0.39 is 0 Å². The van der Waals surface area contributed by atoms with Crippen molar-refractivity contribution in [3.63, 3.8) is 0 Å². The number of carbonyl (C=O) groups is 1. The molecule has 1 fully saturated rings. The van der Waals surface area contributed by atoms with E-state index in [0.717, 1.165) is 56.7 Å². The Kier molecular flexibility index (Phi) is 5.24. The van der Waals surface area contributed by atoms with Crippen LogP contribution in [0.25, 0.3) is 0 Å². The molecule has 3 heteroatoms. The normalized spacial score (nSPS) is 17.6. The maximum atomic E-state index is 12.9. The fourth-order valence-electron chi connectivity index (χ4n) is 4.08. The maximum absolute atomic E-state index is 12.9. The highest BCUT2D eigenvalue weighted by Gasteiger charge is 2.24. The average Bonchev–Trinajstić information content (AvgIpc) is 2.72. The number of hydrogen-bond donors (Lipinski definition) is 0. The van der Waals surface area contributed by atoms with E-state index >= 15 is 0 Å². The zero-order valence-electron chi connectivity index (χ0n) is 15.3. The second-order valence-electron chi connectivity index (χ2n) is 7.55. The molecule has 1 saturated heterocycles. The van der Waals surface area contributed by atoms with E-state index in [4.69, 9.17) is 4.74 Å². The van der Waals surface area contributed by atoms with E-state index in [1.807, 2.05) is 41.3 Å². The van der Waals surface area contributed by atoms with Gasteiger partial charge in [0.15, 0.2) is 0 Å². The van der Waals surface area contributed by atoms with Crippen molar-refractivity contribution >= 4 is 5.91 Å². The summed E-state index contributed by atoms with van der Waals surface area (Å²) in [6, 6.07) is 16.3. The summed E-state index contributed by atoms with van der Waals surface area (Å²) < 4.78 is 5.88. The number of fused-ring (bicyclic) bond motifs is 1. The monoisotopic (exact) mass is 349 g/mol. The largest absolute Gasteiger partial charge is 0.493 e. The van der Waals surface area contributed by atoms with Crippen LogP contribution in [-0.4, -0.2) is 30.5 Å². The first-order valence-electron chi connectivity index (χ1n) is 9.88. The van der Waals surface area contributed by atoms with Crippen molar-refractivity contribution in [1.82, 2.24) is 4.90 Å². The van der Waals surface area contributed by atoms with Crippen LogP contribution in [-0.2, 0) is 12.8 Å². The lowest BCUT2D eigenvalue weighted by molar-refractivity contribution is 0.0661. The lowest BCUT2D eigenvalue weighted by Crippen LogP contribution is -2.39. The van der Waals surface area contributed by atoms with E-state index in [1.165, 1.54) is 24.0 Å².